The SMILES string of the molecule is [B]C(=O)OC(C(=O)OCC)[C@H]1CCN(C(=O)OC(C)(C)C)C1. The minimum absolute atomic E-state index is 0.167. The fourth-order valence-electron chi connectivity index (χ4n) is 2.21. The smallest absolute Gasteiger partial charge is 0.410 e. The highest BCUT2D eigenvalue weighted by atomic mass is 16.6. The summed E-state index contributed by atoms with van der Waals surface area (Å²) in [4.78, 5) is 36.3. The Bertz CT molecular complexity index is 434. The van der Waals surface area contributed by atoms with Crippen LogP contribution in [0.25, 0.3) is 0 Å². The second-order valence-electron chi connectivity index (χ2n) is 6.08. The number of hydrogen-bond donors (Lipinski definition) is 0. The van der Waals surface area contributed by atoms with Crippen molar-refractivity contribution in [3.8, 4) is 0 Å². The summed E-state index contributed by atoms with van der Waals surface area (Å²) in [6.45, 7) is 7.80. The van der Waals surface area contributed by atoms with E-state index in [2.05, 4.69) is 0 Å². The molecule has 7 nitrogen and oxygen atoms in total. The van der Waals surface area contributed by atoms with Gasteiger partial charge in [-0.3, -0.25) is 4.79 Å². The third-order valence-electron chi connectivity index (χ3n) is 3.07. The monoisotopic (exact) mass is 311 g/mol. The fraction of sp³-hybridized carbons (Fsp3) is 0.786. The van der Waals surface area contributed by atoms with Crippen LogP contribution in [0.2, 0.25) is 0 Å². The highest BCUT2D eigenvalue weighted by Crippen LogP contribution is 2.24. The lowest BCUT2D eigenvalue weighted by Crippen LogP contribution is -2.39. The van der Waals surface area contributed by atoms with Gasteiger partial charge in [-0.15, -0.1) is 0 Å². The molecule has 0 spiro atoms. The Hall–Kier alpha value is -1.73. The van der Waals surface area contributed by atoms with Gasteiger partial charge in [-0.2, -0.15) is 0 Å². The second-order valence-corrected chi connectivity index (χ2v) is 6.08. The maximum atomic E-state index is 12.0. The van der Waals surface area contributed by atoms with Crippen LogP contribution in [0.1, 0.15) is 34.1 Å². The van der Waals surface area contributed by atoms with E-state index in [1.54, 1.807) is 27.7 Å². The number of ether oxygens (including phenoxy) is 3. The van der Waals surface area contributed by atoms with Gasteiger partial charge in [0, 0.05) is 19.0 Å². The molecule has 8 heteroatoms. The molecule has 0 saturated carbocycles. The summed E-state index contributed by atoms with van der Waals surface area (Å²) in [5.74, 6) is -2.06. The van der Waals surface area contributed by atoms with Crippen molar-refractivity contribution in [1.82, 2.24) is 4.90 Å². The number of amides is 1. The molecule has 1 aliphatic heterocycles. The highest BCUT2D eigenvalue weighted by Gasteiger charge is 2.39. The Kier molecular flexibility index (Phi) is 6.26. The van der Waals surface area contributed by atoms with Crippen LogP contribution in [-0.2, 0) is 19.0 Å². The van der Waals surface area contributed by atoms with E-state index in [-0.39, 0.29) is 19.1 Å². The van der Waals surface area contributed by atoms with Crippen molar-refractivity contribution in [2.45, 2.75) is 45.8 Å². The first-order valence-electron chi connectivity index (χ1n) is 7.24. The first kappa shape index (κ1) is 18.3. The summed E-state index contributed by atoms with van der Waals surface area (Å²) in [5.41, 5.74) is -0.598. The van der Waals surface area contributed by atoms with Crippen LogP contribution in [0.3, 0.4) is 0 Å². The molecule has 0 aromatic heterocycles. The first-order valence-corrected chi connectivity index (χ1v) is 7.24. The van der Waals surface area contributed by atoms with Crippen LogP contribution in [0.15, 0.2) is 0 Å². The Balaban J connectivity index is 2.69. The largest absolute Gasteiger partial charge is 0.463 e. The van der Waals surface area contributed by atoms with E-state index in [0.717, 1.165) is 0 Å². The molecule has 0 aromatic rings. The van der Waals surface area contributed by atoms with Crippen molar-refractivity contribution in [3.05, 3.63) is 0 Å². The molecule has 0 N–H and O–H groups in total. The Morgan fingerprint density at radius 3 is 2.45 bits per heavy atom. The van der Waals surface area contributed by atoms with Crippen molar-refractivity contribution in [2.75, 3.05) is 19.7 Å². The van der Waals surface area contributed by atoms with Gasteiger partial charge in [0.1, 0.15) is 5.60 Å². The summed E-state index contributed by atoms with van der Waals surface area (Å²) in [5, 5.41) is 0. The van der Waals surface area contributed by atoms with E-state index in [9.17, 15) is 14.4 Å². The molecule has 1 rings (SSSR count). The second kappa shape index (κ2) is 7.51. The van der Waals surface area contributed by atoms with Gasteiger partial charge in [-0.25, -0.2) is 9.59 Å². The summed E-state index contributed by atoms with van der Waals surface area (Å²) < 4.78 is 15.0. The summed E-state index contributed by atoms with van der Waals surface area (Å²) in [6, 6.07) is 0. The van der Waals surface area contributed by atoms with Crippen molar-refractivity contribution in [2.24, 2.45) is 5.92 Å². The van der Waals surface area contributed by atoms with Gasteiger partial charge in [-0.1, -0.05) is 0 Å². The molecule has 0 aromatic carbocycles. The summed E-state index contributed by atoms with van der Waals surface area (Å²) >= 11 is 0. The van der Waals surface area contributed by atoms with E-state index in [0.29, 0.717) is 13.0 Å². The molecule has 1 unspecified atom stereocenters. The number of rotatable bonds is 4. The number of likely N-dealkylation sites (tertiary alicyclic amines) is 1. The molecule has 1 amide bonds. The van der Waals surface area contributed by atoms with Gasteiger partial charge < -0.3 is 19.1 Å². The molecule has 22 heavy (non-hydrogen) atoms. The van der Waals surface area contributed by atoms with Gasteiger partial charge in [0.25, 0.3) is 0 Å². The maximum absolute atomic E-state index is 12.0. The number of nitrogens with zero attached hydrogens (tertiary/aromatic N) is 1. The molecule has 1 aliphatic rings. The van der Waals surface area contributed by atoms with Crippen molar-refractivity contribution >= 4 is 25.8 Å². The lowest BCUT2D eigenvalue weighted by molar-refractivity contribution is -0.155. The number of carbonyl (C=O) groups excluding carboxylic acids is 3. The molecule has 122 valence electrons. The standard InChI is InChI=1S/C14H22BNO6/c1-5-20-11(17)10(21-12(15)18)9-6-7-16(8-9)13(19)22-14(2,3)4/h9-10H,5-8H2,1-4H3/t9-,10?/m0/s1. The van der Waals surface area contributed by atoms with E-state index in [1.807, 2.05) is 0 Å². The normalized spacial score (nSPS) is 19.5. The van der Waals surface area contributed by atoms with Gasteiger partial charge in [0.2, 0.25) is 19.8 Å². The maximum Gasteiger partial charge on any atom is 0.410 e. The average Bonchev–Trinajstić information content (AvgIpc) is 2.83. The van der Waals surface area contributed by atoms with E-state index in [4.69, 9.17) is 22.1 Å². The minimum Gasteiger partial charge on any atom is -0.463 e. The predicted molar refractivity (Wildman–Crippen MR) is 78.6 cm³/mol. The highest BCUT2D eigenvalue weighted by molar-refractivity contribution is 6.55. The van der Waals surface area contributed by atoms with Crippen LogP contribution in [-0.4, -0.2) is 62.1 Å². The van der Waals surface area contributed by atoms with Crippen LogP contribution in [0.4, 0.5) is 9.59 Å². The van der Waals surface area contributed by atoms with Gasteiger partial charge in [0.05, 0.1) is 6.61 Å². The number of carbonyl (C=O) groups is 3. The van der Waals surface area contributed by atoms with Crippen LogP contribution < -0.4 is 0 Å². The van der Waals surface area contributed by atoms with Crippen LogP contribution >= 0.6 is 0 Å². The first-order chi connectivity index (χ1) is 10.1. The molecular formula is C14H22BNO6. The average molecular weight is 311 g/mol. The fourth-order valence-corrected chi connectivity index (χ4v) is 2.21. The van der Waals surface area contributed by atoms with E-state index < -0.39 is 29.6 Å². The number of hydrogen-bond acceptors (Lipinski definition) is 6. The minimum atomic E-state index is -1.11. The number of esters is 1. The zero-order valence-electron chi connectivity index (χ0n) is 13.5. The van der Waals surface area contributed by atoms with Gasteiger partial charge in [0.15, 0.2) is 0 Å². The molecule has 2 atom stereocenters. The lowest BCUT2D eigenvalue weighted by atomic mass is 10.0. The van der Waals surface area contributed by atoms with E-state index in [1.165, 1.54) is 4.90 Å². The lowest BCUT2D eigenvalue weighted by Gasteiger charge is -2.25. The predicted octanol–water partition coefficient (Wildman–Crippen LogP) is 1.48. The summed E-state index contributed by atoms with van der Waals surface area (Å²) in [6.07, 6.45) is -1.07. The Labute approximate surface area is 131 Å². The molecule has 2 radical (unpaired) electrons. The molecule has 0 bridgehead atoms. The van der Waals surface area contributed by atoms with Gasteiger partial charge in [-0.05, 0) is 34.1 Å². The van der Waals surface area contributed by atoms with Crippen molar-refractivity contribution < 1.29 is 28.6 Å². The third-order valence-corrected chi connectivity index (χ3v) is 3.07. The topological polar surface area (TPSA) is 82.1 Å². The van der Waals surface area contributed by atoms with E-state index >= 15 is 0 Å². The Morgan fingerprint density at radius 2 is 1.95 bits per heavy atom. The molecule has 1 saturated heterocycles. The third kappa shape index (κ3) is 5.58. The zero-order chi connectivity index (χ0) is 16.9. The zero-order valence-corrected chi connectivity index (χ0v) is 13.5. The Morgan fingerprint density at radius 1 is 1.32 bits per heavy atom. The van der Waals surface area contributed by atoms with Crippen LogP contribution in [0, 0.1) is 5.92 Å². The van der Waals surface area contributed by atoms with Gasteiger partial charge >= 0.3 is 12.1 Å². The van der Waals surface area contributed by atoms with Crippen molar-refractivity contribution in [3.63, 3.8) is 0 Å². The van der Waals surface area contributed by atoms with Crippen molar-refractivity contribution in [1.29, 1.82) is 0 Å². The summed E-state index contributed by atoms with van der Waals surface area (Å²) in [7, 11) is 5.00. The molecule has 1 fully saturated rings. The molecule has 0 aliphatic carbocycles. The quantitative estimate of drug-likeness (QED) is 0.444. The van der Waals surface area contributed by atoms with Crippen LogP contribution in [0.5, 0.6) is 0 Å². The molecular weight excluding hydrogens is 289 g/mol. The molecule has 1 heterocycles.